The lowest BCUT2D eigenvalue weighted by atomic mass is 9.91. The van der Waals surface area contributed by atoms with Crippen LogP contribution in [-0.4, -0.2) is 45.3 Å². The van der Waals surface area contributed by atoms with E-state index in [0.717, 1.165) is 19.3 Å². The van der Waals surface area contributed by atoms with Gasteiger partial charge >= 0.3 is 0 Å². The van der Waals surface area contributed by atoms with Gasteiger partial charge in [-0.25, -0.2) is 12.7 Å². The number of nitrogens with zero attached hydrogens (tertiary/aromatic N) is 1. The maximum absolute atomic E-state index is 12.3. The van der Waals surface area contributed by atoms with Crippen molar-refractivity contribution in [3.05, 3.63) is 0 Å². The first-order valence-corrected chi connectivity index (χ1v) is 8.69. The molecule has 0 aromatic rings. The molecular weight excluding hydrogens is 250 g/mol. The highest BCUT2D eigenvalue weighted by molar-refractivity contribution is 7.89. The van der Waals surface area contributed by atoms with Crippen LogP contribution in [0.4, 0.5) is 0 Å². The standard InChI is InChI=1S/C13H25NO3S/c1-17-10-13-7-8-14(9-13)18(15,16)11-12-5-3-2-4-6-12/h12-13H,2-11H2,1H3. The third-order valence-corrected chi connectivity index (χ3v) is 6.23. The first-order valence-electron chi connectivity index (χ1n) is 7.08. The van der Waals surface area contributed by atoms with E-state index in [1.165, 1.54) is 19.3 Å². The fourth-order valence-electron chi connectivity index (χ4n) is 3.18. The zero-order valence-corrected chi connectivity index (χ0v) is 12.1. The zero-order chi connectivity index (χ0) is 13.0. The monoisotopic (exact) mass is 275 g/mol. The van der Waals surface area contributed by atoms with Crippen molar-refractivity contribution >= 4 is 10.0 Å². The second-order valence-corrected chi connectivity index (χ2v) is 7.76. The Labute approximate surface area is 111 Å². The minimum absolute atomic E-state index is 0.368. The molecule has 1 saturated heterocycles. The van der Waals surface area contributed by atoms with Gasteiger partial charge in [0, 0.05) is 20.2 Å². The van der Waals surface area contributed by atoms with Gasteiger partial charge in [0.05, 0.1) is 12.4 Å². The van der Waals surface area contributed by atoms with Crippen LogP contribution < -0.4 is 0 Å². The van der Waals surface area contributed by atoms with Gasteiger partial charge in [0.1, 0.15) is 0 Å². The molecule has 0 aromatic heterocycles. The highest BCUT2D eigenvalue weighted by Crippen LogP contribution is 2.27. The van der Waals surface area contributed by atoms with Crippen LogP contribution in [0.15, 0.2) is 0 Å². The maximum Gasteiger partial charge on any atom is 0.214 e. The van der Waals surface area contributed by atoms with Gasteiger partial charge < -0.3 is 4.74 Å². The molecule has 1 atom stereocenters. The molecular formula is C13H25NO3S. The van der Waals surface area contributed by atoms with Crippen molar-refractivity contribution in [2.45, 2.75) is 38.5 Å². The molecule has 2 rings (SSSR count). The van der Waals surface area contributed by atoms with Crippen molar-refractivity contribution in [1.82, 2.24) is 4.31 Å². The van der Waals surface area contributed by atoms with Crippen molar-refractivity contribution in [2.24, 2.45) is 11.8 Å². The fourth-order valence-corrected chi connectivity index (χ4v) is 5.14. The predicted molar refractivity (Wildman–Crippen MR) is 71.9 cm³/mol. The van der Waals surface area contributed by atoms with Crippen molar-refractivity contribution in [3.63, 3.8) is 0 Å². The van der Waals surface area contributed by atoms with Crippen molar-refractivity contribution in [2.75, 3.05) is 32.6 Å². The Morgan fingerprint density at radius 3 is 2.50 bits per heavy atom. The average molecular weight is 275 g/mol. The Kier molecular flexibility index (Phi) is 5.04. The summed E-state index contributed by atoms with van der Waals surface area (Å²) in [6.45, 7) is 2.02. The van der Waals surface area contributed by atoms with Crippen LogP contribution in [0.5, 0.6) is 0 Å². The molecule has 2 aliphatic rings. The minimum atomic E-state index is -3.03. The summed E-state index contributed by atoms with van der Waals surface area (Å²) < 4.78 is 31.5. The number of ether oxygens (including phenoxy) is 1. The van der Waals surface area contributed by atoms with Gasteiger partial charge in [0.25, 0.3) is 0 Å². The largest absolute Gasteiger partial charge is 0.384 e. The third kappa shape index (κ3) is 3.68. The molecule has 0 spiro atoms. The number of hydrogen-bond acceptors (Lipinski definition) is 3. The smallest absolute Gasteiger partial charge is 0.214 e. The lowest BCUT2D eigenvalue weighted by molar-refractivity contribution is 0.157. The Balaban J connectivity index is 1.86. The second kappa shape index (κ2) is 6.35. The van der Waals surface area contributed by atoms with Gasteiger partial charge in [-0.15, -0.1) is 0 Å². The summed E-state index contributed by atoms with van der Waals surface area (Å²) >= 11 is 0. The lowest BCUT2D eigenvalue weighted by Crippen LogP contribution is -2.34. The van der Waals surface area contributed by atoms with Crippen molar-refractivity contribution in [3.8, 4) is 0 Å². The molecule has 0 aromatic carbocycles. The summed E-state index contributed by atoms with van der Waals surface area (Å²) in [7, 11) is -1.35. The molecule has 0 amide bonds. The van der Waals surface area contributed by atoms with Crippen LogP contribution in [0.1, 0.15) is 38.5 Å². The SMILES string of the molecule is COCC1CCN(S(=O)(=O)CC2CCCCC2)C1. The molecule has 0 radical (unpaired) electrons. The molecule has 1 aliphatic heterocycles. The van der Waals surface area contributed by atoms with E-state index < -0.39 is 10.0 Å². The number of hydrogen-bond donors (Lipinski definition) is 0. The molecule has 1 heterocycles. The molecule has 1 saturated carbocycles. The molecule has 2 fully saturated rings. The second-order valence-electron chi connectivity index (χ2n) is 5.75. The van der Waals surface area contributed by atoms with Gasteiger partial charge in [-0.2, -0.15) is 0 Å². The summed E-state index contributed by atoms with van der Waals surface area (Å²) in [4.78, 5) is 0. The first-order chi connectivity index (χ1) is 8.62. The van der Waals surface area contributed by atoms with Gasteiger partial charge in [-0.05, 0) is 31.1 Å². The summed E-state index contributed by atoms with van der Waals surface area (Å²) in [5.41, 5.74) is 0. The highest BCUT2D eigenvalue weighted by Gasteiger charge is 2.33. The van der Waals surface area contributed by atoms with Crippen molar-refractivity contribution < 1.29 is 13.2 Å². The van der Waals surface area contributed by atoms with Gasteiger partial charge in [0.2, 0.25) is 10.0 Å². The first kappa shape index (κ1) is 14.3. The van der Waals surface area contributed by atoms with Crippen LogP contribution in [0.25, 0.3) is 0 Å². The Hall–Kier alpha value is -0.130. The van der Waals surface area contributed by atoms with E-state index in [0.29, 0.717) is 37.3 Å². The van der Waals surface area contributed by atoms with Crippen LogP contribution in [-0.2, 0) is 14.8 Å². The maximum atomic E-state index is 12.3. The third-order valence-electron chi connectivity index (χ3n) is 4.22. The van der Waals surface area contributed by atoms with Gasteiger partial charge in [-0.3, -0.25) is 0 Å². The quantitative estimate of drug-likeness (QED) is 0.769. The van der Waals surface area contributed by atoms with E-state index in [1.807, 2.05) is 0 Å². The average Bonchev–Trinajstić information content (AvgIpc) is 2.80. The van der Waals surface area contributed by atoms with Crippen LogP contribution in [0, 0.1) is 11.8 Å². The van der Waals surface area contributed by atoms with E-state index >= 15 is 0 Å². The Morgan fingerprint density at radius 1 is 1.11 bits per heavy atom. The molecule has 0 N–H and O–H groups in total. The normalized spacial score (nSPS) is 27.7. The molecule has 1 unspecified atom stereocenters. The topological polar surface area (TPSA) is 46.6 Å². The minimum Gasteiger partial charge on any atom is -0.384 e. The molecule has 5 heteroatoms. The summed E-state index contributed by atoms with van der Waals surface area (Å²) in [6.07, 6.45) is 6.80. The summed E-state index contributed by atoms with van der Waals surface area (Å²) in [6, 6.07) is 0. The van der Waals surface area contributed by atoms with E-state index in [9.17, 15) is 8.42 Å². The summed E-state index contributed by atoms with van der Waals surface area (Å²) in [5, 5.41) is 0. The van der Waals surface area contributed by atoms with E-state index in [4.69, 9.17) is 4.74 Å². The molecule has 1 aliphatic carbocycles. The number of methoxy groups -OCH3 is 1. The number of sulfonamides is 1. The molecule has 4 nitrogen and oxygen atoms in total. The lowest BCUT2D eigenvalue weighted by Gasteiger charge is -2.24. The van der Waals surface area contributed by atoms with Crippen LogP contribution in [0.2, 0.25) is 0 Å². The predicted octanol–water partition coefficient (Wildman–Crippen LogP) is 1.86. The fraction of sp³-hybridized carbons (Fsp3) is 1.00. The van der Waals surface area contributed by atoms with Crippen LogP contribution in [0.3, 0.4) is 0 Å². The number of rotatable bonds is 5. The van der Waals surface area contributed by atoms with Gasteiger partial charge in [0.15, 0.2) is 0 Å². The van der Waals surface area contributed by atoms with E-state index in [2.05, 4.69) is 0 Å². The highest BCUT2D eigenvalue weighted by atomic mass is 32.2. The molecule has 106 valence electrons. The van der Waals surface area contributed by atoms with Crippen molar-refractivity contribution in [1.29, 1.82) is 0 Å². The zero-order valence-electron chi connectivity index (χ0n) is 11.3. The molecule has 18 heavy (non-hydrogen) atoms. The van der Waals surface area contributed by atoms with Crippen LogP contribution >= 0.6 is 0 Å². The van der Waals surface area contributed by atoms with Gasteiger partial charge in [-0.1, -0.05) is 19.3 Å². The van der Waals surface area contributed by atoms with E-state index in [1.54, 1.807) is 11.4 Å². The van der Waals surface area contributed by atoms with E-state index in [-0.39, 0.29) is 0 Å². The Morgan fingerprint density at radius 2 is 1.83 bits per heavy atom. The molecule has 0 bridgehead atoms. The summed E-state index contributed by atoms with van der Waals surface area (Å²) in [5.74, 6) is 1.15. The Bertz CT molecular complexity index is 349.